The zero-order chi connectivity index (χ0) is 12.7. The van der Waals surface area contributed by atoms with Crippen molar-refractivity contribution in [3.05, 3.63) is 28.8 Å². The Balaban J connectivity index is 3.76. The Morgan fingerprint density at radius 3 is 1.50 bits per heavy atom. The maximum Gasteiger partial charge on any atom is 0.179 e. The van der Waals surface area contributed by atoms with Crippen molar-refractivity contribution in [1.82, 2.24) is 0 Å². The molecule has 0 saturated carbocycles. The summed E-state index contributed by atoms with van der Waals surface area (Å²) in [5.41, 5.74) is -1.21. The highest BCUT2D eigenvalue weighted by Crippen LogP contribution is 2.20. The number of nitrogens with zero attached hydrogens (tertiary/aromatic N) is 1. The fourth-order valence-corrected chi connectivity index (χ4v) is 2.92. The molecule has 1 aromatic carbocycles. The van der Waals surface area contributed by atoms with Crippen molar-refractivity contribution >= 4 is 13.3 Å². The van der Waals surface area contributed by atoms with Crippen molar-refractivity contribution in [2.45, 2.75) is 19.6 Å². The molecule has 1 rings (SSSR count). The van der Waals surface area contributed by atoms with Crippen molar-refractivity contribution in [3.8, 4) is 6.07 Å². The monoisotopic (exact) mass is 247 g/mol. The molecule has 0 bridgehead atoms. The number of nitriles is 1. The van der Waals surface area contributed by atoms with E-state index in [1.165, 1.54) is 0 Å². The Labute approximate surface area is 91.3 Å². The van der Waals surface area contributed by atoms with Crippen LogP contribution in [0.25, 0.3) is 0 Å². The average molecular weight is 247 g/mol. The van der Waals surface area contributed by atoms with Crippen LogP contribution in [0.2, 0.25) is 19.6 Å². The van der Waals surface area contributed by atoms with Crippen LogP contribution in [0.4, 0.5) is 17.6 Å². The fourth-order valence-electron chi connectivity index (χ4n) is 1.39. The standard InChI is InChI=1S/C10H9F4NSi/c1-16(2,3)10-8(13)6(11)5(4-15)7(12)9(10)14/h1-3H3. The van der Waals surface area contributed by atoms with Crippen LogP contribution in [0.5, 0.6) is 0 Å². The molecule has 0 spiro atoms. The first-order chi connectivity index (χ1) is 7.21. The number of benzene rings is 1. The lowest BCUT2D eigenvalue weighted by atomic mass is 10.2. The molecule has 0 N–H and O–H groups in total. The van der Waals surface area contributed by atoms with Crippen molar-refractivity contribution in [2.24, 2.45) is 0 Å². The molecule has 1 aromatic rings. The van der Waals surface area contributed by atoms with E-state index in [0.29, 0.717) is 0 Å². The Morgan fingerprint density at radius 2 is 1.25 bits per heavy atom. The van der Waals surface area contributed by atoms with Gasteiger partial charge in [-0.15, -0.1) is 0 Å². The molecule has 0 aliphatic rings. The summed E-state index contributed by atoms with van der Waals surface area (Å²) >= 11 is 0. The summed E-state index contributed by atoms with van der Waals surface area (Å²) < 4.78 is 53.5. The van der Waals surface area contributed by atoms with E-state index < -0.39 is 42.1 Å². The van der Waals surface area contributed by atoms with Crippen LogP contribution in [-0.2, 0) is 0 Å². The fraction of sp³-hybridized carbons (Fsp3) is 0.300. The van der Waals surface area contributed by atoms with Gasteiger partial charge in [0.25, 0.3) is 0 Å². The molecular formula is C10H9F4NSi. The van der Waals surface area contributed by atoms with Gasteiger partial charge in [0.05, 0.1) is 8.07 Å². The minimum absolute atomic E-state index is 0.554. The number of hydrogen-bond acceptors (Lipinski definition) is 1. The van der Waals surface area contributed by atoms with Crippen molar-refractivity contribution in [2.75, 3.05) is 0 Å². The van der Waals surface area contributed by atoms with Gasteiger partial charge in [-0.05, 0) is 0 Å². The van der Waals surface area contributed by atoms with Crippen LogP contribution in [0, 0.1) is 34.6 Å². The molecule has 0 amide bonds. The highest BCUT2D eigenvalue weighted by atomic mass is 28.3. The Morgan fingerprint density at radius 1 is 0.875 bits per heavy atom. The van der Waals surface area contributed by atoms with E-state index in [9.17, 15) is 17.6 Å². The smallest absolute Gasteiger partial charge is 0.179 e. The maximum absolute atomic E-state index is 13.5. The molecule has 16 heavy (non-hydrogen) atoms. The molecule has 86 valence electrons. The summed E-state index contributed by atoms with van der Waals surface area (Å²) in [4.78, 5) is 0. The largest absolute Gasteiger partial charge is 0.204 e. The van der Waals surface area contributed by atoms with Gasteiger partial charge in [0.2, 0.25) is 0 Å². The summed E-state index contributed by atoms with van der Waals surface area (Å²) in [7, 11) is -2.56. The van der Waals surface area contributed by atoms with Crippen LogP contribution in [0.1, 0.15) is 5.56 Å². The number of halogens is 4. The van der Waals surface area contributed by atoms with E-state index >= 15 is 0 Å². The SMILES string of the molecule is C[Si](C)(C)c1c(F)c(F)c(C#N)c(F)c1F. The predicted octanol–water partition coefficient (Wildman–Crippen LogP) is 2.66. The lowest BCUT2D eigenvalue weighted by Crippen LogP contribution is -2.44. The van der Waals surface area contributed by atoms with Crippen LogP contribution < -0.4 is 5.19 Å². The third-order valence-electron chi connectivity index (χ3n) is 2.13. The van der Waals surface area contributed by atoms with Crippen molar-refractivity contribution in [3.63, 3.8) is 0 Å². The van der Waals surface area contributed by atoms with Gasteiger partial charge in [-0.25, -0.2) is 17.6 Å². The van der Waals surface area contributed by atoms with Gasteiger partial charge in [-0.3, -0.25) is 0 Å². The zero-order valence-electron chi connectivity index (χ0n) is 8.96. The van der Waals surface area contributed by atoms with Crippen LogP contribution in [-0.4, -0.2) is 8.07 Å². The van der Waals surface area contributed by atoms with Gasteiger partial charge in [0.15, 0.2) is 23.3 Å². The van der Waals surface area contributed by atoms with E-state index in [-0.39, 0.29) is 0 Å². The van der Waals surface area contributed by atoms with Gasteiger partial charge in [-0.2, -0.15) is 5.26 Å². The first-order valence-corrected chi connectivity index (χ1v) is 7.98. The summed E-state index contributed by atoms with van der Waals surface area (Å²) in [6.07, 6.45) is 0. The Kier molecular flexibility index (Phi) is 3.10. The highest BCUT2D eigenvalue weighted by molar-refractivity contribution is 6.88. The second-order valence-corrected chi connectivity index (χ2v) is 9.37. The minimum Gasteiger partial charge on any atom is -0.204 e. The zero-order valence-corrected chi connectivity index (χ0v) is 9.96. The van der Waals surface area contributed by atoms with Crippen molar-refractivity contribution < 1.29 is 17.6 Å². The van der Waals surface area contributed by atoms with Gasteiger partial charge in [0, 0.05) is 5.19 Å². The summed E-state index contributed by atoms with van der Waals surface area (Å²) in [6.45, 7) is 4.66. The summed E-state index contributed by atoms with van der Waals surface area (Å²) in [6, 6.07) is 1.11. The van der Waals surface area contributed by atoms with Crippen LogP contribution in [0.15, 0.2) is 0 Å². The Bertz CT molecular complexity index is 456. The first kappa shape index (κ1) is 12.7. The van der Waals surface area contributed by atoms with Gasteiger partial charge in [0.1, 0.15) is 11.6 Å². The van der Waals surface area contributed by atoms with Gasteiger partial charge in [-0.1, -0.05) is 19.6 Å². The number of rotatable bonds is 1. The third kappa shape index (κ3) is 1.83. The quantitative estimate of drug-likeness (QED) is 0.425. The van der Waals surface area contributed by atoms with Gasteiger partial charge >= 0.3 is 0 Å². The molecule has 0 aromatic heterocycles. The highest BCUT2D eigenvalue weighted by Gasteiger charge is 2.32. The molecule has 0 aliphatic heterocycles. The second-order valence-electron chi connectivity index (χ2n) is 4.37. The van der Waals surface area contributed by atoms with E-state index in [2.05, 4.69) is 0 Å². The molecule has 0 saturated heterocycles. The molecule has 0 aliphatic carbocycles. The van der Waals surface area contributed by atoms with E-state index in [4.69, 9.17) is 5.26 Å². The first-order valence-electron chi connectivity index (χ1n) is 4.48. The van der Waals surface area contributed by atoms with Crippen molar-refractivity contribution in [1.29, 1.82) is 5.26 Å². The average Bonchev–Trinajstić information content (AvgIpc) is 2.14. The maximum atomic E-state index is 13.5. The lowest BCUT2D eigenvalue weighted by Gasteiger charge is -2.19. The van der Waals surface area contributed by atoms with E-state index in [1.807, 2.05) is 0 Å². The van der Waals surface area contributed by atoms with E-state index in [1.54, 1.807) is 19.6 Å². The molecule has 0 atom stereocenters. The molecule has 0 fully saturated rings. The second kappa shape index (κ2) is 3.90. The number of hydrogen-bond donors (Lipinski definition) is 0. The van der Waals surface area contributed by atoms with E-state index in [0.717, 1.165) is 6.07 Å². The molecule has 0 heterocycles. The molecule has 0 unspecified atom stereocenters. The Hall–Kier alpha value is -1.35. The lowest BCUT2D eigenvalue weighted by molar-refractivity contribution is 0.458. The molecule has 0 radical (unpaired) electrons. The molecular weight excluding hydrogens is 238 g/mol. The topological polar surface area (TPSA) is 23.8 Å². The summed E-state index contributed by atoms with van der Waals surface area (Å²) in [5.74, 6) is -6.12. The van der Waals surface area contributed by atoms with Gasteiger partial charge < -0.3 is 0 Å². The minimum atomic E-state index is -2.56. The molecule has 1 nitrogen and oxygen atoms in total. The van der Waals surface area contributed by atoms with Crippen LogP contribution >= 0.6 is 0 Å². The van der Waals surface area contributed by atoms with Crippen LogP contribution in [0.3, 0.4) is 0 Å². The normalized spacial score (nSPS) is 11.4. The molecule has 6 heteroatoms. The summed E-state index contributed by atoms with van der Waals surface area (Å²) in [5, 5.41) is 7.84. The predicted molar refractivity (Wildman–Crippen MR) is 54.0 cm³/mol. The third-order valence-corrected chi connectivity index (χ3v) is 4.06.